The highest BCUT2D eigenvalue weighted by molar-refractivity contribution is 9.10. The Kier molecular flexibility index (Phi) is 7.15. The van der Waals surface area contributed by atoms with Gasteiger partial charge in [0.05, 0.1) is 38.0 Å². The number of halogens is 1. The number of amides is 1. The Balaban J connectivity index is 2.26. The zero-order valence-corrected chi connectivity index (χ0v) is 16.8. The first-order valence-corrected chi connectivity index (χ1v) is 8.87. The van der Waals surface area contributed by atoms with Crippen LogP contribution in [0.15, 0.2) is 34.8 Å². The lowest BCUT2D eigenvalue weighted by Crippen LogP contribution is -2.13. The summed E-state index contributed by atoms with van der Waals surface area (Å²) in [4.78, 5) is 12.7. The van der Waals surface area contributed by atoms with E-state index in [0.29, 0.717) is 39.6 Å². The molecule has 0 unspecified atom stereocenters. The molecule has 0 bridgehead atoms. The fourth-order valence-electron chi connectivity index (χ4n) is 2.34. The smallest absolute Gasteiger partial charge is 0.257 e. The molecular weight excluding hydrogens is 402 g/mol. The molecule has 1 N–H and O–H groups in total. The van der Waals surface area contributed by atoms with Gasteiger partial charge in [-0.05, 0) is 52.7 Å². The predicted octanol–water partition coefficient (Wildman–Crippen LogP) is 4.52. The maximum absolute atomic E-state index is 12.7. The Morgan fingerprint density at radius 2 is 1.69 bits per heavy atom. The molecule has 1 amide bonds. The number of anilines is 1. The highest BCUT2D eigenvalue weighted by atomic mass is 79.9. The van der Waals surface area contributed by atoms with E-state index in [-0.39, 0.29) is 5.91 Å². The fourth-order valence-corrected chi connectivity index (χ4v) is 2.98. The molecule has 0 fully saturated rings. The van der Waals surface area contributed by atoms with Crippen molar-refractivity contribution >= 4 is 27.5 Å². The molecule has 0 atom stereocenters. The maximum atomic E-state index is 12.7. The van der Waals surface area contributed by atoms with Crippen LogP contribution in [0.2, 0.25) is 0 Å². The maximum Gasteiger partial charge on any atom is 0.257 e. The minimum Gasteiger partial charge on any atom is -0.494 e. The van der Waals surface area contributed by atoms with Gasteiger partial charge in [-0.1, -0.05) is 6.92 Å². The van der Waals surface area contributed by atoms with Crippen LogP contribution in [0.5, 0.6) is 23.0 Å². The van der Waals surface area contributed by atoms with E-state index in [1.165, 1.54) is 21.3 Å². The average molecular weight is 424 g/mol. The highest BCUT2D eigenvalue weighted by Gasteiger charge is 2.22. The minimum absolute atomic E-state index is 0.307. The second-order valence-electron chi connectivity index (χ2n) is 5.33. The normalized spacial score (nSPS) is 10.2. The molecule has 0 aliphatic heterocycles. The lowest BCUT2D eigenvalue weighted by molar-refractivity contribution is 0.102. The second kappa shape index (κ2) is 9.33. The first-order valence-electron chi connectivity index (χ1n) is 8.08. The van der Waals surface area contributed by atoms with Gasteiger partial charge in [0.15, 0.2) is 11.5 Å². The molecule has 0 heterocycles. The van der Waals surface area contributed by atoms with E-state index in [0.717, 1.165) is 12.2 Å². The molecule has 26 heavy (non-hydrogen) atoms. The number of ether oxygens (including phenoxy) is 4. The van der Waals surface area contributed by atoms with Crippen LogP contribution in [0.1, 0.15) is 23.7 Å². The van der Waals surface area contributed by atoms with Crippen molar-refractivity contribution in [1.82, 2.24) is 0 Å². The van der Waals surface area contributed by atoms with E-state index in [9.17, 15) is 4.79 Å². The Morgan fingerprint density at radius 3 is 2.23 bits per heavy atom. The summed E-state index contributed by atoms with van der Waals surface area (Å²) in [6, 6.07) is 8.80. The average Bonchev–Trinajstić information content (AvgIpc) is 2.66. The third-order valence-corrected chi connectivity index (χ3v) is 4.39. The van der Waals surface area contributed by atoms with Crippen molar-refractivity contribution in [2.75, 3.05) is 33.3 Å². The largest absolute Gasteiger partial charge is 0.494 e. The first-order chi connectivity index (χ1) is 12.5. The standard InChI is InChI=1S/C19H22BrNO5/c1-5-10-26-13-8-6-12(7-9-13)21-19(22)14-11-15(23-2)17(24-3)18(25-4)16(14)20/h6-9,11H,5,10H2,1-4H3,(H,21,22). The minimum atomic E-state index is -0.307. The van der Waals surface area contributed by atoms with Gasteiger partial charge in [-0.15, -0.1) is 0 Å². The monoisotopic (exact) mass is 423 g/mol. The topological polar surface area (TPSA) is 66.0 Å². The molecule has 0 radical (unpaired) electrons. The van der Waals surface area contributed by atoms with Crippen molar-refractivity contribution in [3.8, 4) is 23.0 Å². The number of benzene rings is 2. The SMILES string of the molecule is CCCOc1ccc(NC(=O)c2cc(OC)c(OC)c(OC)c2Br)cc1. The van der Waals surface area contributed by atoms with Crippen LogP contribution in [-0.4, -0.2) is 33.8 Å². The first kappa shape index (κ1) is 19.9. The molecule has 0 spiro atoms. The summed E-state index contributed by atoms with van der Waals surface area (Å²) in [7, 11) is 4.51. The molecule has 7 heteroatoms. The molecule has 2 aromatic carbocycles. The summed E-state index contributed by atoms with van der Waals surface area (Å²) in [5.41, 5.74) is 1.02. The summed E-state index contributed by atoms with van der Waals surface area (Å²) < 4.78 is 22.0. The van der Waals surface area contributed by atoms with Crippen molar-refractivity contribution < 1.29 is 23.7 Å². The number of hydrogen-bond acceptors (Lipinski definition) is 5. The molecule has 0 aromatic heterocycles. The number of carbonyl (C=O) groups excluding carboxylic acids is 1. The number of hydrogen-bond donors (Lipinski definition) is 1. The molecule has 2 aromatic rings. The van der Waals surface area contributed by atoms with Crippen LogP contribution in [-0.2, 0) is 0 Å². The second-order valence-corrected chi connectivity index (χ2v) is 6.13. The number of nitrogens with one attached hydrogen (secondary N) is 1. The van der Waals surface area contributed by atoms with Gasteiger partial charge in [0, 0.05) is 5.69 Å². The van der Waals surface area contributed by atoms with E-state index >= 15 is 0 Å². The summed E-state index contributed by atoms with van der Waals surface area (Å²) in [6.45, 7) is 2.70. The van der Waals surface area contributed by atoms with Crippen molar-refractivity contribution in [3.63, 3.8) is 0 Å². The van der Waals surface area contributed by atoms with Gasteiger partial charge in [0.25, 0.3) is 5.91 Å². The Bertz CT molecular complexity index is 762. The molecule has 6 nitrogen and oxygen atoms in total. The third-order valence-electron chi connectivity index (χ3n) is 3.60. The van der Waals surface area contributed by atoms with Crippen molar-refractivity contribution in [1.29, 1.82) is 0 Å². The molecule has 140 valence electrons. The van der Waals surface area contributed by atoms with Crippen LogP contribution in [0.25, 0.3) is 0 Å². The van der Waals surface area contributed by atoms with Gasteiger partial charge in [0.2, 0.25) is 5.75 Å². The van der Waals surface area contributed by atoms with Crippen molar-refractivity contribution in [2.24, 2.45) is 0 Å². The molecular formula is C19H22BrNO5. The van der Waals surface area contributed by atoms with Gasteiger partial charge < -0.3 is 24.3 Å². The molecule has 2 rings (SSSR count). The lowest BCUT2D eigenvalue weighted by atomic mass is 10.1. The van der Waals surface area contributed by atoms with Gasteiger partial charge in [-0.25, -0.2) is 0 Å². The van der Waals surface area contributed by atoms with E-state index in [2.05, 4.69) is 21.2 Å². The molecule has 0 aliphatic carbocycles. The van der Waals surface area contributed by atoms with Gasteiger partial charge in [-0.3, -0.25) is 4.79 Å². The zero-order chi connectivity index (χ0) is 19.1. The van der Waals surface area contributed by atoms with E-state index < -0.39 is 0 Å². The van der Waals surface area contributed by atoms with Crippen LogP contribution in [0.4, 0.5) is 5.69 Å². The summed E-state index contributed by atoms with van der Waals surface area (Å²) in [5, 5.41) is 2.85. The van der Waals surface area contributed by atoms with Crippen LogP contribution in [0.3, 0.4) is 0 Å². The molecule has 0 aliphatic rings. The van der Waals surface area contributed by atoms with Crippen molar-refractivity contribution in [3.05, 3.63) is 40.4 Å². The zero-order valence-electron chi connectivity index (χ0n) is 15.2. The summed E-state index contributed by atoms with van der Waals surface area (Å²) in [6.07, 6.45) is 0.938. The molecule has 0 saturated heterocycles. The van der Waals surface area contributed by atoms with E-state index in [1.54, 1.807) is 18.2 Å². The number of rotatable bonds is 8. The van der Waals surface area contributed by atoms with Crippen LogP contribution in [0, 0.1) is 0 Å². The van der Waals surface area contributed by atoms with Crippen molar-refractivity contribution in [2.45, 2.75) is 13.3 Å². The quantitative estimate of drug-likeness (QED) is 0.675. The predicted molar refractivity (Wildman–Crippen MR) is 104 cm³/mol. The number of carbonyl (C=O) groups is 1. The Morgan fingerprint density at radius 1 is 1.04 bits per heavy atom. The lowest BCUT2D eigenvalue weighted by Gasteiger charge is -2.16. The fraction of sp³-hybridized carbons (Fsp3) is 0.316. The third kappa shape index (κ3) is 4.40. The summed E-state index contributed by atoms with van der Waals surface area (Å²) in [5.74, 6) is 1.66. The van der Waals surface area contributed by atoms with Gasteiger partial charge >= 0.3 is 0 Å². The highest BCUT2D eigenvalue weighted by Crippen LogP contribution is 2.44. The van der Waals surface area contributed by atoms with E-state index in [4.69, 9.17) is 18.9 Å². The Hall–Kier alpha value is -2.41. The van der Waals surface area contributed by atoms with Crippen LogP contribution < -0.4 is 24.3 Å². The summed E-state index contributed by atoms with van der Waals surface area (Å²) >= 11 is 3.41. The van der Waals surface area contributed by atoms with Crippen LogP contribution >= 0.6 is 15.9 Å². The molecule has 0 saturated carbocycles. The Labute approximate surface area is 161 Å². The van der Waals surface area contributed by atoms with Gasteiger partial charge in [0.1, 0.15) is 5.75 Å². The van der Waals surface area contributed by atoms with E-state index in [1.807, 2.05) is 19.1 Å². The van der Waals surface area contributed by atoms with Gasteiger partial charge in [-0.2, -0.15) is 0 Å². The number of methoxy groups -OCH3 is 3.